The SMILES string of the molecule is COC(=O)[C@@H](NC(=O)c1ccc(C#Cc2ccc(C3=CC=NC3)cc2)cc1)[C@@H](C)O. The monoisotopic (exact) mass is 402 g/mol. The third-order valence-corrected chi connectivity index (χ3v) is 4.62. The van der Waals surface area contributed by atoms with Crippen molar-refractivity contribution in [1.82, 2.24) is 5.32 Å². The molecule has 0 bridgehead atoms. The Balaban J connectivity index is 1.65. The summed E-state index contributed by atoms with van der Waals surface area (Å²) in [5.74, 6) is 4.98. The summed E-state index contributed by atoms with van der Waals surface area (Å²) in [5, 5.41) is 12.1. The number of carbonyl (C=O) groups excluding carboxylic acids is 2. The first-order valence-electron chi connectivity index (χ1n) is 9.46. The van der Waals surface area contributed by atoms with Gasteiger partial charge in [0.05, 0.1) is 19.8 Å². The largest absolute Gasteiger partial charge is 0.467 e. The van der Waals surface area contributed by atoms with Crippen LogP contribution >= 0.6 is 0 Å². The van der Waals surface area contributed by atoms with Crippen molar-refractivity contribution in [3.63, 3.8) is 0 Å². The molecule has 2 atom stereocenters. The van der Waals surface area contributed by atoms with Crippen LogP contribution in [0.25, 0.3) is 5.57 Å². The second kappa shape index (κ2) is 9.68. The highest BCUT2D eigenvalue weighted by atomic mass is 16.5. The molecule has 0 saturated carbocycles. The number of nitrogens with zero attached hydrogens (tertiary/aromatic N) is 1. The Bertz CT molecular complexity index is 1040. The lowest BCUT2D eigenvalue weighted by Crippen LogP contribution is -2.48. The van der Waals surface area contributed by atoms with Crippen LogP contribution in [0.4, 0.5) is 0 Å². The second-order valence-corrected chi connectivity index (χ2v) is 6.80. The molecule has 152 valence electrons. The highest BCUT2D eigenvalue weighted by Crippen LogP contribution is 2.17. The van der Waals surface area contributed by atoms with Crippen molar-refractivity contribution < 1.29 is 19.4 Å². The van der Waals surface area contributed by atoms with Crippen LogP contribution in [-0.4, -0.2) is 49.0 Å². The van der Waals surface area contributed by atoms with Gasteiger partial charge in [0.25, 0.3) is 5.91 Å². The average molecular weight is 402 g/mol. The van der Waals surface area contributed by atoms with Gasteiger partial charge in [0.1, 0.15) is 0 Å². The minimum absolute atomic E-state index is 0.353. The van der Waals surface area contributed by atoms with Crippen LogP contribution in [0, 0.1) is 11.8 Å². The van der Waals surface area contributed by atoms with Crippen LogP contribution in [0.3, 0.4) is 0 Å². The van der Waals surface area contributed by atoms with Gasteiger partial charge in [-0.25, -0.2) is 4.79 Å². The Labute approximate surface area is 175 Å². The molecule has 0 saturated heterocycles. The molecule has 0 aromatic heterocycles. The normalized spacial score (nSPS) is 14.2. The number of aliphatic imine (C=N–C) groups is 1. The fraction of sp³-hybridized carbons (Fsp3) is 0.208. The summed E-state index contributed by atoms with van der Waals surface area (Å²) in [6, 6.07) is 13.5. The number of carbonyl (C=O) groups is 2. The molecule has 0 radical (unpaired) electrons. The molecule has 2 N–H and O–H groups in total. The van der Waals surface area contributed by atoms with Crippen LogP contribution in [0.2, 0.25) is 0 Å². The van der Waals surface area contributed by atoms with E-state index in [-0.39, 0.29) is 0 Å². The predicted molar refractivity (Wildman–Crippen MR) is 115 cm³/mol. The lowest BCUT2D eigenvalue weighted by Gasteiger charge is -2.18. The lowest BCUT2D eigenvalue weighted by atomic mass is 10.0. The van der Waals surface area contributed by atoms with Crippen LogP contribution in [0.1, 0.15) is 34.0 Å². The Morgan fingerprint density at radius 2 is 1.67 bits per heavy atom. The molecule has 0 spiro atoms. The summed E-state index contributed by atoms with van der Waals surface area (Å²) >= 11 is 0. The van der Waals surface area contributed by atoms with Crippen molar-refractivity contribution in [2.24, 2.45) is 4.99 Å². The van der Waals surface area contributed by atoms with Crippen molar-refractivity contribution in [1.29, 1.82) is 0 Å². The summed E-state index contributed by atoms with van der Waals surface area (Å²) in [4.78, 5) is 28.2. The summed E-state index contributed by atoms with van der Waals surface area (Å²) in [6.07, 6.45) is 2.75. The number of aliphatic hydroxyl groups excluding tert-OH is 1. The number of amides is 1. The van der Waals surface area contributed by atoms with Gasteiger partial charge in [-0.1, -0.05) is 24.0 Å². The number of allylic oxidation sites excluding steroid dienone is 1. The Morgan fingerprint density at radius 1 is 1.07 bits per heavy atom. The summed E-state index contributed by atoms with van der Waals surface area (Å²) < 4.78 is 4.60. The number of rotatable bonds is 5. The number of aliphatic hydroxyl groups is 1. The van der Waals surface area contributed by atoms with Gasteiger partial charge in [-0.3, -0.25) is 9.79 Å². The second-order valence-electron chi connectivity index (χ2n) is 6.80. The minimum Gasteiger partial charge on any atom is -0.467 e. The lowest BCUT2D eigenvalue weighted by molar-refractivity contribution is -0.145. The van der Waals surface area contributed by atoms with Crippen molar-refractivity contribution in [3.8, 4) is 11.8 Å². The van der Waals surface area contributed by atoms with Crippen LogP contribution in [-0.2, 0) is 9.53 Å². The smallest absolute Gasteiger partial charge is 0.331 e. The van der Waals surface area contributed by atoms with E-state index in [0.29, 0.717) is 12.1 Å². The predicted octanol–water partition coefficient (Wildman–Crippen LogP) is 2.21. The van der Waals surface area contributed by atoms with Gasteiger partial charge in [0.2, 0.25) is 0 Å². The zero-order valence-corrected chi connectivity index (χ0v) is 16.8. The number of hydrogen-bond donors (Lipinski definition) is 2. The molecule has 1 aliphatic rings. The quantitative estimate of drug-likeness (QED) is 0.593. The topological polar surface area (TPSA) is 88.0 Å². The fourth-order valence-corrected chi connectivity index (χ4v) is 2.88. The molecule has 2 aromatic rings. The molecule has 2 aromatic carbocycles. The molecule has 1 aliphatic heterocycles. The van der Waals surface area contributed by atoms with E-state index in [0.717, 1.165) is 16.7 Å². The number of benzene rings is 2. The molecule has 3 rings (SSSR count). The Kier molecular flexibility index (Phi) is 6.79. The van der Waals surface area contributed by atoms with Gasteiger partial charge < -0.3 is 15.2 Å². The summed E-state index contributed by atoms with van der Waals surface area (Å²) in [5.41, 5.74) is 4.32. The standard InChI is InChI=1S/C24H22N2O4/c1-16(27)22(24(29)30-2)26-23(28)20-11-7-18(8-12-20)4-3-17-5-9-19(10-6-17)21-13-14-25-15-21/h5-14,16,22,27H,15H2,1-2H3,(H,26,28)/t16-,22+/m1/s1. The van der Waals surface area contributed by atoms with E-state index >= 15 is 0 Å². The zero-order chi connectivity index (χ0) is 21.5. The van der Waals surface area contributed by atoms with E-state index in [9.17, 15) is 14.7 Å². The fourth-order valence-electron chi connectivity index (χ4n) is 2.88. The Hall–Kier alpha value is -3.69. The molecule has 0 aliphatic carbocycles. The van der Waals surface area contributed by atoms with Crippen LogP contribution in [0.15, 0.2) is 59.6 Å². The molecule has 1 amide bonds. The van der Waals surface area contributed by atoms with Gasteiger partial charge in [-0.05, 0) is 60.5 Å². The average Bonchev–Trinajstić information content (AvgIpc) is 3.31. The zero-order valence-electron chi connectivity index (χ0n) is 16.8. The van der Waals surface area contributed by atoms with Gasteiger partial charge in [0.15, 0.2) is 6.04 Å². The summed E-state index contributed by atoms with van der Waals surface area (Å²) in [6.45, 7) is 2.12. The van der Waals surface area contributed by atoms with E-state index in [1.165, 1.54) is 19.6 Å². The molecular weight excluding hydrogens is 380 g/mol. The Morgan fingerprint density at radius 3 is 2.17 bits per heavy atom. The molecule has 0 unspecified atom stereocenters. The van der Waals surface area contributed by atoms with E-state index < -0.39 is 24.0 Å². The van der Waals surface area contributed by atoms with E-state index in [2.05, 4.69) is 26.9 Å². The van der Waals surface area contributed by atoms with Gasteiger partial charge in [-0.2, -0.15) is 0 Å². The molecule has 30 heavy (non-hydrogen) atoms. The van der Waals surface area contributed by atoms with Crippen LogP contribution in [0.5, 0.6) is 0 Å². The third kappa shape index (κ3) is 5.22. The number of ether oxygens (including phenoxy) is 1. The maximum Gasteiger partial charge on any atom is 0.331 e. The maximum absolute atomic E-state index is 12.3. The van der Waals surface area contributed by atoms with Crippen molar-refractivity contribution >= 4 is 23.7 Å². The number of nitrogens with one attached hydrogen (secondary N) is 1. The molecule has 1 heterocycles. The summed E-state index contributed by atoms with van der Waals surface area (Å²) in [7, 11) is 1.20. The molecule has 0 fully saturated rings. The third-order valence-electron chi connectivity index (χ3n) is 4.62. The van der Waals surface area contributed by atoms with Crippen molar-refractivity contribution in [3.05, 3.63) is 76.9 Å². The first-order valence-corrected chi connectivity index (χ1v) is 9.46. The molecule has 6 heteroatoms. The van der Waals surface area contributed by atoms with Gasteiger partial charge >= 0.3 is 5.97 Å². The van der Waals surface area contributed by atoms with Crippen molar-refractivity contribution in [2.45, 2.75) is 19.1 Å². The van der Waals surface area contributed by atoms with E-state index in [1.807, 2.05) is 36.6 Å². The molecular formula is C24H22N2O4. The number of hydrogen-bond acceptors (Lipinski definition) is 5. The van der Waals surface area contributed by atoms with Crippen molar-refractivity contribution in [2.75, 3.05) is 13.7 Å². The molecule has 6 nitrogen and oxygen atoms in total. The maximum atomic E-state index is 12.3. The number of methoxy groups -OCH3 is 1. The highest BCUT2D eigenvalue weighted by molar-refractivity contribution is 5.97. The van der Waals surface area contributed by atoms with E-state index in [4.69, 9.17) is 0 Å². The first kappa shape index (κ1) is 21.0. The van der Waals surface area contributed by atoms with Crippen LogP contribution < -0.4 is 5.32 Å². The highest BCUT2D eigenvalue weighted by Gasteiger charge is 2.26. The number of esters is 1. The first-order chi connectivity index (χ1) is 14.5. The van der Waals surface area contributed by atoms with Gasteiger partial charge in [0, 0.05) is 22.9 Å². The van der Waals surface area contributed by atoms with E-state index in [1.54, 1.807) is 24.3 Å². The van der Waals surface area contributed by atoms with Gasteiger partial charge in [-0.15, -0.1) is 0 Å². The minimum atomic E-state index is -1.13.